The van der Waals surface area contributed by atoms with Crippen LogP contribution in [0.1, 0.15) is 95.6 Å². The Labute approximate surface area is 218 Å². The molecule has 0 spiro atoms. The molecule has 194 valence electrons. The summed E-state index contributed by atoms with van der Waals surface area (Å²) in [6.45, 7) is 5.82. The highest BCUT2D eigenvalue weighted by molar-refractivity contribution is 5.55. The van der Waals surface area contributed by atoms with Gasteiger partial charge in [-0.3, -0.25) is 0 Å². The summed E-state index contributed by atoms with van der Waals surface area (Å²) in [6.07, 6.45) is 19.1. The van der Waals surface area contributed by atoms with Crippen molar-refractivity contribution in [3.05, 3.63) is 72.1 Å². The lowest BCUT2D eigenvalue weighted by molar-refractivity contribution is 0.300. The number of rotatable bonds is 18. The fourth-order valence-corrected chi connectivity index (χ4v) is 4.19. The first kappa shape index (κ1) is 27.7. The molecule has 0 N–H and O–H groups in total. The number of benzene rings is 2. The number of aryl methyl sites for hydroxylation is 1. The Morgan fingerprint density at radius 2 is 1.11 bits per heavy atom. The van der Waals surface area contributed by atoms with Crippen molar-refractivity contribution in [1.82, 2.24) is 9.97 Å². The van der Waals surface area contributed by atoms with Gasteiger partial charge in [-0.2, -0.15) is 0 Å². The number of ether oxygens (including phenoxy) is 2. The molecule has 0 bridgehead atoms. The smallest absolute Gasteiger partial charge is 0.159 e. The summed E-state index contributed by atoms with van der Waals surface area (Å²) in [6, 6.07) is 16.2. The van der Waals surface area contributed by atoms with Crippen molar-refractivity contribution in [2.24, 2.45) is 0 Å². The Hall–Kier alpha value is -2.88. The van der Waals surface area contributed by atoms with Gasteiger partial charge in [0, 0.05) is 18.0 Å². The molecule has 3 aromatic rings. The van der Waals surface area contributed by atoms with Crippen LogP contribution >= 0.6 is 0 Å². The van der Waals surface area contributed by atoms with Crippen molar-refractivity contribution in [1.29, 1.82) is 0 Å². The third kappa shape index (κ3) is 10.4. The summed E-state index contributed by atoms with van der Waals surface area (Å²) in [5.74, 6) is 2.53. The first-order chi connectivity index (χ1) is 17.8. The van der Waals surface area contributed by atoms with Crippen LogP contribution < -0.4 is 9.47 Å². The number of aromatic nitrogens is 2. The molecule has 1 heterocycles. The first-order valence-corrected chi connectivity index (χ1v) is 14.0. The van der Waals surface area contributed by atoms with Gasteiger partial charge < -0.3 is 9.47 Å². The quantitative estimate of drug-likeness (QED) is 0.168. The molecule has 0 amide bonds. The lowest BCUT2D eigenvalue weighted by Gasteiger charge is -2.09. The van der Waals surface area contributed by atoms with E-state index in [1.165, 1.54) is 69.8 Å². The molecule has 4 heteroatoms. The minimum Gasteiger partial charge on any atom is -0.494 e. The zero-order valence-corrected chi connectivity index (χ0v) is 22.4. The summed E-state index contributed by atoms with van der Waals surface area (Å²) in [4.78, 5) is 9.15. The summed E-state index contributed by atoms with van der Waals surface area (Å²) in [5, 5.41) is 0. The molecule has 3 rings (SSSR count). The monoisotopic (exact) mass is 488 g/mol. The number of nitrogens with zero attached hydrogens (tertiary/aromatic N) is 2. The van der Waals surface area contributed by atoms with E-state index in [1.807, 2.05) is 48.8 Å². The van der Waals surface area contributed by atoms with E-state index in [9.17, 15) is 0 Å². The van der Waals surface area contributed by atoms with Gasteiger partial charge in [0.15, 0.2) is 5.82 Å². The van der Waals surface area contributed by atoms with Crippen LogP contribution in [0, 0.1) is 0 Å². The molecule has 0 aliphatic carbocycles. The molecule has 2 aromatic carbocycles. The Kier molecular flexibility index (Phi) is 12.9. The second-order valence-corrected chi connectivity index (χ2v) is 9.65. The molecule has 0 saturated heterocycles. The van der Waals surface area contributed by atoms with Crippen LogP contribution in [0.5, 0.6) is 11.5 Å². The minimum absolute atomic E-state index is 0.528. The zero-order chi connectivity index (χ0) is 25.3. The molecule has 0 saturated carbocycles. The van der Waals surface area contributed by atoms with Crippen molar-refractivity contribution in [2.45, 2.75) is 97.5 Å². The van der Waals surface area contributed by atoms with E-state index >= 15 is 0 Å². The maximum Gasteiger partial charge on any atom is 0.159 e. The SMILES string of the molecule is CCCCCCCCOc1ccc(COc2ccc(-c3ncc(CCCCCCC)cn3)cc2)cc1. The molecule has 0 unspecified atom stereocenters. The molecule has 36 heavy (non-hydrogen) atoms. The molecule has 0 aliphatic heterocycles. The van der Waals surface area contributed by atoms with Crippen molar-refractivity contribution < 1.29 is 9.47 Å². The Morgan fingerprint density at radius 3 is 1.78 bits per heavy atom. The standard InChI is InChI=1S/C32H44N2O2/c1-3-5-7-9-11-13-23-35-30-19-15-27(16-20-30)26-36-31-21-17-29(18-22-31)32-33-24-28(25-34-32)14-12-10-8-6-4-2/h15-22,24-25H,3-14,23,26H2,1-2H3. The van der Waals surface area contributed by atoms with Crippen LogP contribution in [0.25, 0.3) is 11.4 Å². The van der Waals surface area contributed by atoms with E-state index in [1.54, 1.807) is 0 Å². The lowest BCUT2D eigenvalue weighted by Crippen LogP contribution is -1.99. The van der Waals surface area contributed by atoms with Crippen molar-refractivity contribution in [3.8, 4) is 22.9 Å². The Bertz CT molecular complexity index is 953. The van der Waals surface area contributed by atoms with Gasteiger partial charge in [0.25, 0.3) is 0 Å². The molecule has 0 fully saturated rings. The van der Waals surface area contributed by atoms with Gasteiger partial charge in [0.1, 0.15) is 18.1 Å². The van der Waals surface area contributed by atoms with Crippen LogP contribution in [0.15, 0.2) is 60.9 Å². The Balaban J connectivity index is 1.37. The summed E-state index contributed by atoms with van der Waals surface area (Å²) in [7, 11) is 0. The predicted molar refractivity (Wildman–Crippen MR) is 150 cm³/mol. The van der Waals surface area contributed by atoms with Gasteiger partial charge in [-0.05, 0) is 66.8 Å². The van der Waals surface area contributed by atoms with E-state index < -0.39 is 0 Å². The van der Waals surface area contributed by atoms with Gasteiger partial charge >= 0.3 is 0 Å². The molecule has 0 aliphatic rings. The number of unbranched alkanes of at least 4 members (excludes halogenated alkanes) is 9. The maximum absolute atomic E-state index is 5.98. The average molecular weight is 489 g/mol. The highest BCUT2D eigenvalue weighted by atomic mass is 16.5. The first-order valence-electron chi connectivity index (χ1n) is 14.0. The summed E-state index contributed by atoms with van der Waals surface area (Å²) in [5.41, 5.74) is 3.34. The highest BCUT2D eigenvalue weighted by Crippen LogP contribution is 2.21. The molecule has 0 atom stereocenters. The van der Waals surface area contributed by atoms with E-state index in [-0.39, 0.29) is 0 Å². The largest absolute Gasteiger partial charge is 0.494 e. The molecule has 0 radical (unpaired) electrons. The lowest BCUT2D eigenvalue weighted by atomic mass is 10.1. The van der Waals surface area contributed by atoms with Crippen LogP contribution in [-0.2, 0) is 13.0 Å². The van der Waals surface area contributed by atoms with Gasteiger partial charge in [-0.1, -0.05) is 83.8 Å². The van der Waals surface area contributed by atoms with Crippen molar-refractivity contribution in [2.75, 3.05) is 6.61 Å². The fraction of sp³-hybridized carbons (Fsp3) is 0.500. The van der Waals surface area contributed by atoms with E-state index in [4.69, 9.17) is 9.47 Å². The van der Waals surface area contributed by atoms with E-state index in [0.717, 1.165) is 47.9 Å². The minimum atomic E-state index is 0.528. The Morgan fingerprint density at radius 1 is 0.556 bits per heavy atom. The number of hydrogen-bond acceptors (Lipinski definition) is 4. The average Bonchev–Trinajstić information content (AvgIpc) is 2.93. The van der Waals surface area contributed by atoms with E-state index in [2.05, 4.69) is 35.9 Å². The highest BCUT2D eigenvalue weighted by Gasteiger charge is 2.04. The van der Waals surface area contributed by atoms with E-state index in [0.29, 0.717) is 6.61 Å². The zero-order valence-electron chi connectivity index (χ0n) is 22.4. The fourth-order valence-electron chi connectivity index (χ4n) is 4.19. The third-order valence-corrected chi connectivity index (χ3v) is 6.48. The van der Waals surface area contributed by atoms with Crippen LogP contribution in [0.4, 0.5) is 0 Å². The normalized spacial score (nSPS) is 10.9. The molecular weight excluding hydrogens is 444 g/mol. The predicted octanol–water partition coefficient (Wildman–Crippen LogP) is 8.97. The summed E-state index contributed by atoms with van der Waals surface area (Å²) >= 11 is 0. The van der Waals surface area contributed by atoms with Gasteiger partial charge in [-0.15, -0.1) is 0 Å². The molecular formula is C32H44N2O2. The van der Waals surface area contributed by atoms with Gasteiger partial charge in [0.05, 0.1) is 6.61 Å². The van der Waals surface area contributed by atoms with Crippen molar-refractivity contribution >= 4 is 0 Å². The third-order valence-electron chi connectivity index (χ3n) is 6.48. The summed E-state index contributed by atoms with van der Waals surface area (Å²) < 4.78 is 11.9. The van der Waals surface area contributed by atoms with Crippen LogP contribution in [0.3, 0.4) is 0 Å². The second kappa shape index (κ2) is 16.7. The van der Waals surface area contributed by atoms with Crippen molar-refractivity contribution in [3.63, 3.8) is 0 Å². The van der Waals surface area contributed by atoms with Gasteiger partial charge in [0.2, 0.25) is 0 Å². The maximum atomic E-state index is 5.98. The molecule has 1 aromatic heterocycles. The topological polar surface area (TPSA) is 44.2 Å². The van der Waals surface area contributed by atoms with Crippen LogP contribution in [-0.4, -0.2) is 16.6 Å². The molecule has 4 nitrogen and oxygen atoms in total. The van der Waals surface area contributed by atoms with Gasteiger partial charge in [-0.25, -0.2) is 9.97 Å². The van der Waals surface area contributed by atoms with Crippen LogP contribution in [0.2, 0.25) is 0 Å². The second-order valence-electron chi connectivity index (χ2n) is 9.65. The number of hydrogen-bond donors (Lipinski definition) is 0.